The fourth-order valence-corrected chi connectivity index (χ4v) is 1.69. The van der Waals surface area contributed by atoms with Crippen LogP contribution >= 0.6 is 0 Å². The highest BCUT2D eigenvalue weighted by Gasteiger charge is 2.19. The molecule has 1 aliphatic rings. The quantitative estimate of drug-likeness (QED) is 0.845. The molecule has 0 aliphatic carbocycles. The summed E-state index contributed by atoms with van der Waals surface area (Å²) in [5, 5.41) is 11.9. The minimum atomic E-state index is -2.73. The molecule has 0 aromatic heterocycles. The highest BCUT2D eigenvalue weighted by atomic mass is 19.3. The summed E-state index contributed by atoms with van der Waals surface area (Å²) in [4.78, 5) is 0. The number of aliphatic hydroxyl groups excluding tert-OH is 1. The molecule has 100 valence electrons. The van der Waals surface area contributed by atoms with E-state index in [2.05, 4.69) is 5.32 Å². The first kappa shape index (κ1) is 13.0. The topological polar surface area (TPSA) is 50.7 Å². The number of hydrogen-bond donors (Lipinski definition) is 2. The highest BCUT2D eigenvalue weighted by molar-refractivity contribution is 5.45. The Morgan fingerprint density at radius 3 is 2.78 bits per heavy atom. The van der Waals surface area contributed by atoms with E-state index in [0.717, 1.165) is 5.56 Å². The SMILES string of the molecule is CC(NCC(O)C(F)F)c1ccc2c(c1)OCO2. The number of rotatable bonds is 5. The van der Waals surface area contributed by atoms with Crippen molar-refractivity contribution in [3.05, 3.63) is 23.8 Å². The standard InChI is InChI=1S/C12H15F2NO3/c1-7(15-5-9(16)12(13)14)8-2-3-10-11(4-8)18-6-17-10/h2-4,7,9,12,15-16H,5-6H2,1H3. The summed E-state index contributed by atoms with van der Waals surface area (Å²) >= 11 is 0. The average molecular weight is 259 g/mol. The molecule has 0 bridgehead atoms. The van der Waals surface area contributed by atoms with Gasteiger partial charge in [-0.25, -0.2) is 8.78 Å². The number of fused-ring (bicyclic) bond motifs is 1. The van der Waals surface area contributed by atoms with Gasteiger partial charge in [0.05, 0.1) is 0 Å². The zero-order valence-electron chi connectivity index (χ0n) is 9.90. The highest BCUT2D eigenvalue weighted by Crippen LogP contribution is 2.34. The summed E-state index contributed by atoms with van der Waals surface area (Å²) in [6, 6.07) is 5.25. The number of benzene rings is 1. The Labute approximate surface area is 104 Å². The number of halogens is 2. The Bertz CT molecular complexity index is 414. The van der Waals surface area contributed by atoms with E-state index in [1.54, 1.807) is 12.1 Å². The van der Waals surface area contributed by atoms with Gasteiger partial charge in [0.1, 0.15) is 6.10 Å². The van der Waals surface area contributed by atoms with Crippen molar-refractivity contribution in [1.29, 1.82) is 0 Å². The summed E-state index contributed by atoms with van der Waals surface area (Å²) in [6.07, 6.45) is -4.39. The lowest BCUT2D eigenvalue weighted by Crippen LogP contribution is -2.33. The van der Waals surface area contributed by atoms with Crippen molar-refractivity contribution in [2.75, 3.05) is 13.3 Å². The Hall–Kier alpha value is -1.40. The maximum atomic E-state index is 12.1. The summed E-state index contributed by atoms with van der Waals surface area (Å²) in [7, 11) is 0. The van der Waals surface area contributed by atoms with Gasteiger partial charge in [-0.2, -0.15) is 0 Å². The molecule has 18 heavy (non-hydrogen) atoms. The second-order valence-electron chi connectivity index (χ2n) is 4.14. The first-order chi connectivity index (χ1) is 8.58. The van der Waals surface area contributed by atoms with Crippen LogP contribution in [0.4, 0.5) is 8.78 Å². The van der Waals surface area contributed by atoms with Crippen molar-refractivity contribution in [3.63, 3.8) is 0 Å². The van der Waals surface area contributed by atoms with Gasteiger partial charge < -0.3 is 19.9 Å². The van der Waals surface area contributed by atoms with E-state index < -0.39 is 12.5 Å². The molecule has 2 rings (SSSR count). The van der Waals surface area contributed by atoms with Crippen molar-refractivity contribution in [3.8, 4) is 11.5 Å². The van der Waals surface area contributed by atoms with Crippen LogP contribution in [0.15, 0.2) is 18.2 Å². The van der Waals surface area contributed by atoms with Gasteiger partial charge in [0.15, 0.2) is 11.5 Å². The van der Waals surface area contributed by atoms with Crippen molar-refractivity contribution in [1.82, 2.24) is 5.32 Å². The molecule has 0 amide bonds. The van der Waals surface area contributed by atoms with Gasteiger partial charge >= 0.3 is 0 Å². The van der Waals surface area contributed by atoms with Gasteiger partial charge in [0, 0.05) is 12.6 Å². The Morgan fingerprint density at radius 1 is 1.33 bits per heavy atom. The third-order valence-corrected chi connectivity index (χ3v) is 2.82. The second kappa shape index (κ2) is 5.49. The smallest absolute Gasteiger partial charge is 0.265 e. The average Bonchev–Trinajstić information content (AvgIpc) is 2.82. The molecule has 0 saturated heterocycles. The predicted molar refractivity (Wildman–Crippen MR) is 61.0 cm³/mol. The van der Waals surface area contributed by atoms with Crippen LogP contribution < -0.4 is 14.8 Å². The number of ether oxygens (including phenoxy) is 2. The molecule has 1 heterocycles. The van der Waals surface area contributed by atoms with Gasteiger partial charge in [-0.1, -0.05) is 6.07 Å². The predicted octanol–water partition coefficient (Wildman–Crippen LogP) is 1.69. The molecule has 1 aromatic rings. The number of hydrogen-bond acceptors (Lipinski definition) is 4. The largest absolute Gasteiger partial charge is 0.454 e. The maximum absolute atomic E-state index is 12.1. The van der Waals surface area contributed by atoms with E-state index in [4.69, 9.17) is 14.6 Å². The zero-order valence-corrected chi connectivity index (χ0v) is 9.90. The molecule has 4 nitrogen and oxygen atoms in total. The number of alkyl halides is 2. The zero-order chi connectivity index (χ0) is 13.1. The van der Waals surface area contributed by atoms with E-state index in [1.165, 1.54) is 0 Å². The van der Waals surface area contributed by atoms with Crippen molar-refractivity contribution in [2.24, 2.45) is 0 Å². The van der Waals surface area contributed by atoms with E-state index in [-0.39, 0.29) is 19.4 Å². The Kier molecular flexibility index (Phi) is 3.98. The van der Waals surface area contributed by atoms with Crippen LogP contribution in [-0.2, 0) is 0 Å². The minimum absolute atomic E-state index is 0.159. The van der Waals surface area contributed by atoms with Crippen LogP contribution in [0.5, 0.6) is 11.5 Å². The van der Waals surface area contributed by atoms with Crippen molar-refractivity contribution in [2.45, 2.75) is 25.5 Å². The molecule has 2 atom stereocenters. The molecule has 1 aromatic carbocycles. The van der Waals surface area contributed by atoms with Crippen LogP contribution in [0.2, 0.25) is 0 Å². The molecular weight excluding hydrogens is 244 g/mol. The number of aliphatic hydroxyl groups is 1. The third kappa shape index (κ3) is 2.88. The molecule has 0 radical (unpaired) electrons. The monoisotopic (exact) mass is 259 g/mol. The third-order valence-electron chi connectivity index (χ3n) is 2.82. The summed E-state index contributed by atoms with van der Waals surface area (Å²) in [5.74, 6) is 1.33. The van der Waals surface area contributed by atoms with Gasteiger partial charge in [0.2, 0.25) is 6.79 Å². The van der Waals surface area contributed by atoms with E-state index in [9.17, 15) is 8.78 Å². The molecular formula is C12H15F2NO3. The van der Waals surface area contributed by atoms with Crippen LogP contribution in [0, 0.1) is 0 Å². The van der Waals surface area contributed by atoms with Crippen molar-refractivity contribution >= 4 is 0 Å². The fraction of sp³-hybridized carbons (Fsp3) is 0.500. The normalized spacial score (nSPS) is 16.9. The lowest BCUT2D eigenvalue weighted by atomic mass is 10.1. The minimum Gasteiger partial charge on any atom is -0.454 e. The molecule has 0 saturated carbocycles. The van der Waals surface area contributed by atoms with Crippen molar-refractivity contribution < 1.29 is 23.4 Å². The van der Waals surface area contributed by atoms with Gasteiger partial charge in [-0.05, 0) is 24.6 Å². The lowest BCUT2D eigenvalue weighted by molar-refractivity contribution is -0.00439. The van der Waals surface area contributed by atoms with Gasteiger partial charge in [-0.3, -0.25) is 0 Å². The first-order valence-electron chi connectivity index (χ1n) is 5.67. The van der Waals surface area contributed by atoms with Crippen LogP contribution in [-0.4, -0.2) is 31.0 Å². The Morgan fingerprint density at radius 2 is 2.06 bits per heavy atom. The molecule has 1 aliphatic heterocycles. The summed E-state index contributed by atoms with van der Waals surface area (Å²) < 4.78 is 34.7. The van der Waals surface area contributed by atoms with E-state index in [1.807, 2.05) is 13.0 Å². The van der Waals surface area contributed by atoms with E-state index in [0.29, 0.717) is 11.5 Å². The Balaban J connectivity index is 1.95. The van der Waals surface area contributed by atoms with Crippen LogP contribution in [0.1, 0.15) is 18.5 Å². The maximum Gasteiger partial charge on any atom is 0.265 e. The van der Waals surface area contributed by atoms with Crippen LogP contribution in [0.25, 0.3) is 0 Å². The van der Waals surface area contributed by atoms with Crippen LogP contribution in [0.3, 0.4) is 0 Å². The summed E-state index contributed by atoms with van der Waals surface area (Å²) in [5.41, 5.74) is 0.890. The van der Waals surface area contributed by atoms with Gasteiger partial charge in [0.25, 0.3) is 6.43 Å². The molecule has 0 fully saturated rings. The summed E-state index contributed by atoms with van der Waals surface area (Å²) in [6.45, 7) is 1.87. The fourth-order valence-electron chi connectivity index (χ4n) is 1.69. The first-order valence-corrected chi connectivity index (χ1v) is 5.67. The second-order valence-corrected chi connectivity index (χ2v) is 4.14. The molecule has 2 unspecified atom stereocenters. The molecule has 2 N–H and O–H groups in total. The number of nitrogens with one attached hydrogen (secondary N) is 1. The molecule has 6 heteroatoms. The van der Waals surface area contributed by atoms with E-state index >= 15 is 0 Å². The molecule has 0 spiro atoms. The van der Waals surface area contributed by atoms with Gasteiger partial charge in [-0.15, -0.1) is 0 Å². The lowest BCUT2D eigenvalue weighted by Gasteiger charge is -2.17.